The van der Waals surface area contributed by atoms with Gasteiger partial charge < -0.3 is 5.32 Å². The van der Waals surface area contributed by atoms with Gasteiger partial charge in [-0.2, -0.15) is 5.10 Å². The molecule has 1 saturated carbocycles. The molecule has 3 heteroatoms. The lowest BCUT2D eigenvalue weighted by Crippen LogP contribution is -2.15. The van der Waals surface area contributed by atoms with Gasteiger partial charge in [0.15, 0.2) is 0 Å². The molecule has 2 rings (SSSR count). The van der Waals surface area contributed by atoms with Gasteiger partial charge in [0.25, 0.3) is 0 Å². The van der Waals surface area contributed by atoms with E-state index in [1.807, 2.05) is 10.9 Å². The summed E-state index contributed by atoms with van der Waals surface area (Å²) in [6.07, 6.45) is 12.2. The summed E-state index contributed by atoms with van der Waals surface area (Å²) in [5, 5.41) is 7.72. The van der Waals surface area contributed by atoms with Crippen molar-refractivity contribution < 1.29 is 0 Å². The number of rotatable bonds is 6. The summed E-state index contributed by atoms with van der Waals surface area (Å²) in [5.74, 6) is 0. The lowest BCUT2D eigenvalue weighted by Gasteiger charge is -1.95. The Balaban J connectivity index is 1.75. The molecule has 15 heavy (non-hydrogen) atoms. The van der Waals surface area contributed by atoms with Gasteiger partial charge in [-0.1, -0.05) is 19.1 Å². The minimum atomic E-state index is 0.789. The van der Waals surface area contributed by atoms with E-state index < -0.39 is 0 Å². The number of aryl methyl sites for hydroxylation is 1. The van der Waals surface area contributed by atoms with Crippen LogP contribution in [0.3, 0.4) is 0 Å². The predicted octanol–water partition coefficient (Wildman–Crippen LogP) is 2.06. The van der Waals surface area contributed by atoms with Crippen molar-refractivity contribution >= 4 is 6.08 Å². The van der Waals surface area contributed by atoms with Gasteiger partial charge >= 0.3 is 0 Å². The maximum absolute atomic E-state index is 4.28. The van der Waals surface area contributed by atoms with Gasteiger partial charge in [-0.15, -0.1) is 0 Å². The number of hydrogen-bond donors (Lipinski definition) is 1. The van der Waals surface area contributed by atoms with Gasteiger partial charge in [0.05, 0.1) is 6.20 Å². The fourth-order valence-corrected chi connectivity index (χ4v) is 1.53. The Kier molecular flexibility index (Phi) is 3.56. The Hall–Kier alpha value is -1.09. The standard InChI is InChI=1S/C12H19N3/c1-2-8-15-10-11(9-14-15)4-3-7-13-12-5-6-12/h3-4,9-10,12-13H,2,5-8H2,1H3/b4-3+. The zero-order valence-corrected chi connectivity index (χ0v) is 9.32. The van der Waals surface area contributed by atoms with E-state index in [4.69, 9.17) is 0 Å². The summed E-state index contributed by atoms with van der Waals surface area (Å²) < 4.78 is 1.99. The van der Waals surface area contributed by atoms with Crippen LogP contribution in [0.1, 0.15) is 31.7 Å². The van der Waals surface area contributed by atoms with Crippen molar-refractivity contribution in [3.05, 3.63) is 24.0 Å². The van der Waals surface area contributed by atoms with E-state index in [2.05, 4.69) is 35.7 Å². The molecular formula is C12H19N3. The van der Waals surface area contributed by atoms with Crippen LogP contribution in [0.15, 0.2) is 18.5 Å². The molecule has 0 saturated heterocycles. The molecule has 1 fully saturated rings. The predicted molar refractivity (Wildman–Crippen MR) is 62.6 cm³/mol. The molecule has 0 atom stereocenters. The Morgan fingerprint density at radius 3 is 3.20 bits per heavy atom. The monoisotopic (exact) mass is 205 g/mol. The highest BCUT2D eigenvalue weighted by atomic mass is 15.3. The molecule has 3 nitrogen and oxygen atoms in total. The third-order valence-corrected chi connectivity index (χ3v) is 2.52. The first kappa shape index (κ1) is 10.4. The minimum absolute atomic E-state index is 0.789. The molecule has 1 aromatic rings. The van der Waals surface area contributed by atoms with Crippen LogP contribution in [-0.4, -0.2) is 22.4 Å². The molecule has 0 spiro atoms. The summed E-state index contributed by atoms with van der Waals surface area (Å²) in [6.45, 7) is 4.15. The normalized spacial score (nSPS) is 16.3. The molecule has 0 unspecified atom stereocenters. The molecule has 1 aromatic heterocycles. The zero-order valence-electron chi connectivity index (χ0n) is 9.32. The van der Waals surface area contributed by atoms with Crippen molar-refractivity contribution in [3.8, 4) is 0 Å². The van der Waals surface area contributed by atoms with Gasteiger partial charge in [-0.05, 0) is 19.3 Å². The van der Waals surface area contributed by atoms with Crippen LogP contribution in [-0.2, 0) is 6.54 Å². The Bertz CT molecular complexity index is 323. The molecule has 0 aliphatic heterocycles. The number of nitrogens with one attached hydrogen (secondary N) is 1. The van der Waals surface area contributed by atoms with Crippen LogP contribution in [0.25, 0.3) is 6.08 Å². The third kappa shape index (κ3) is 3.51. The molecule has 1 aliphatic rings. The SMILES string of the molecule is CCCn1cc(/C=C/CNC2CC2)cn1. The van der Waals surface area contributed by atoms with Gasteiger partial charge in [-0.25, -0.2) is 0 Å². The molecule has 1 N–H and O–H groups in total. The van der Waals surface area contributed by atoms with E-state index in [-0.39, 0.29) is 0 Å². The van der Waals surface area contributed by atoms with Crippen LogP contribution in [0, 0.1) is 0 Å². The van der Waals surface area contributed by atoms with Crippen molar-refractivity contribution in [1.29, 1.82) is 0 Å². The van der Waals surface area contributed by atoms with Crippen LogP contribution < -0.4 is 5.32 Å². The Labute approximate surface area is 91.2 Å². The summed E-state index contributed by atoms with van der Waals surface area (Å²) in [5.41, 5.74) is 1.20. The number of hydrogen-bond acceptors (Lipinski definition) is 2. The quantitative estimate of drug-likeness (QED) is 0.770. The highest BCUT2D eigenvalue weighted by Gasteiger charge is 2.18. The first-order valence-corrected chi connectivity index (χ1v) is 5.81. The average molecular weight is 205 g/mol. The average Bonchev–Trinajstić information content (AvgIpc) is 2.95. The second-order valence-corrected chi connectivity index (χ2v) is 4.12. The second kappa shape index (κ2) is 5.12. The van der Waals surface area contributed by atoms with Crippen LogP contribution in [0.4, 0.5) is 0 Å². The van der Waals surface area contributed by atoms with E-state index in [1.54, 1.807) is 0 Å². The summed E-state index contributed by atoms with van der Waals surface area (Å²) in [6, 6.07) is 0.789. The first-order chi connectivity index (χ1) is 7.38. The van der Waals surface area contributed by atoms with Crippen LogP contribution in [0.2, 0.25) is 0 Å². The highest BCUT2D eigenvalue weighted by Crippen LogP contribution is 2.18. The van der Waals surface area contributed by atoms with Crippen molar-refractivity contribution in [1.82, 2.24) is 15.1 Å². The Morgan fingerprint density at radius 1 is 1.60 bits per heavy atom. The van der Waals surface area contributed by atoms with Gasteiger partial charge in [-0.3, -0.25) is 4.68 Å². The molecule has 82 valence electrons. The van der Waals surface area contributed by atoms with E-state index in [9.17, 15) is 0 Å². The maximum atomic E-state index is 4.28. The highest BCUT2D eigenvalue weighted by molar-refractivity contribution is 5.46. The summed E-state index contributed by atoms with van der Waals surface area (Å²) in [4.78, 5) is 0. The van der Waals surface area contributed by atoms with Gasteiger partial charge in [0.2, 0.25) is 0 Å². The maximum Gasteiger partial charge on any atom is 0.0562 e. The number of aromatic nitrogens is 2. The van der Waals surface area contributed by atoms with Crippen LogP contribution in [0.5, 0.6) is 0 Å². The van der Waals surface area contributed by atoms with Crippen molar-refractivity contribution in [2.75, 3.05) is 6.54 Å². The zero-order chi connectivity index (χ0) is 10.5. The Morgan fingerprint density at radius 2 is 2.47 bits per heavy atom. The summed E-state index contributed by atoms with van der Waals surface area (Å²) >= 11 is 0. The molecule has 0 aromatic carbocycles. The topological polar surface area (TPSA) is 29.9 Å². The molecule has 1 heterocycles. The third-order valence-electron chi connectivity index (χ3n) is 2.52. The van der Waals surface area contributed by atoms with Crippen molar-refractivity contribution in [2.45, 2.75) is 38.8 Å². The number of nitrogens with zero attached hydrogens (tertiary/aromatic N) is 2. The van der Waals surface area contributed by atoms with E-state index in [0.717, 1.165) is 25.6 Å². The minimum Gasteiger partial charge on any atom is -0.311 e. The molecule has 0 amide bonds. The van der Waals surface area contributed by atoms with E-state index in [0.29, 0.717) is 0 Å². The molecule has 0 bridgehead atoms. The van der Waals surface area contributed by atoms with Gasteiger partial charge in [0, 0.05) is 30.9 Å². The molecule has 1 aliphatic carbocycles. The largest absolute Gasteiger partial charge is 0.311 e. The van der Waals surface area contributed by atoms with E-state index in [1.165, 1.54) is 18.4 Å². The first-order valence-electron chi connectivity index (χ1n) is 5.81. The summed E-state index contributed by atoms with van der Waals surface area (Å²) in [7, 11) is 0. The van der Waals surface area contributed by atoms with Gasteiger partial charge in [0.1, 0.15) is 0 Å². The fourth-order valence-electron chi connectivity index (χ4n) is 1.53. The lowest BCUT2D eigenvalue weighted by atomic mass is 10.3. The molecular weight excluding hydrogens is 186 g/mol. The molecule has 0 radical (unpaired) electrons. The van der Waals surface area contributed by atoms with Crippen molar-refractivity contribution in [2.24, 2.45) is 0 Å². The smallest absolute Gasteiger partial charge is 0.0562 e. The lowest BCUT2D eigenvalue weighted by molar-refractivity contribution is 0.602. The fraction of sp³-hybridized carbons (Fsp3) is 0.583. The van der Waals surface area contributed by atoms with Crippen molar-refractivity contribution in [3.63, 3.8) is 0 Å². The van der Waals surface area contributed by atoms with Crippen LogP contribution >= 0.6 is 0 Å². The van der Waals surface area contributed by atoms with E-state index >= 15 is 0 Å². The second-order valence-electron chi connectivity index (χ2n) is 4.12.